The minimum atomic E-state index is 0.184. The molecular formula is C14H20N2S. The van der Waals surface area contributed by atoms with E-state index < -0.39 is 0 Å². The molecule has 1 fully saturated rings. The lowest BCUT2D eigenvalue weighted by molar-refractivity contribution is 0.516. The number of nitrogens with two attached hydrogens (primary N) is 1. The number of hydrogen-bond acceptors (Lipinski definition) is 2. The molecule has 1 saturated carbocycles. The molecule has 0 radical (unpaired) electrons. The van der Waals surface area contributed by atoms with Gasteiger partial charge in [0.15, 0.2) is 0 Å². The van der Waals surface area contributed by atoms with E-state index in [9.17, 15) is 0 Å². The molecule has 0 saturated heterocycles. The van der Waals surface area contributed by atoms with Crippen LogP contribution < -0.4 is 5.73 Å². The van der Waals surface area contributed by atoms with Crippen LogP contribution in [0.1, 0.15) is 43.2 Å². The molecule has 3 N–H and O–H groups in total. The average molecular weight is 248 g/mol. The molecule has 0 aromatic heterocycles. The monoisotopic (exact) mass is 248 g/mol. The van der Waals surface area contributed by atoms with Crippen LogP contribution in [-0.4, -0.2) is 11.1 Å². The minimum absolute atomic E-state index is 0.184. The van der Waals surface area contributed by atoms with Crippen LogP contribution in [-0.2, 0) is 0 Å². The Morgan fingerprint density at radius 3 is 2.65 bits per heavy atom. The molecule has 1 aromatic rings. The second-order valence-corrected chi connectivity index (χ2v) is 6.13. The molecular weight excluding hydrogens is 228 g/mol. The molecule has 3 heteroatoms. The van der Waals surface area contributed by atoms with Gasteiger partial charge in [-0.2, -0.15) is 0 Å². The van der Waals surface area contributed by atoms with Crippen molar-refractivity contribution in [3.8, 4) is 0 Å². The highest BCUT2D eigenvalue weighted by Crippen LogP contribution is 2.35. The van der Waals surface area contributed by atoms with Crippen LogP contribution in [0.2, 0.25) is 0 Å². The van der Waals surface area contributed by atoms with E-state index in [1.165, 1.54) is 42.6 Å². The Bertz CT molecular complexity index is 409. The van der Waals surface area contributed by atoms with Crippen molar-refractivity contribution >= 4 is 17.6 Å². The largest absolute Gasteiger partial charge is 0.384 e. The van der Waals surface area contributed by atoms with Crippen molar-refractivity contribution in [1.82, 2.24) is 0 Å². The van der Waals surface area contributed by atoms with Crippen molar-refractivity contribution in [2.45, 2.75) is 49.2 Å². The quantitative estimate of drug-likeness (QED) is 0.633. The molecule has 0 unspecified atom stereocenters. The molecule has 1 aromatic carbocycles. The standard InChI is InChI=1S/C14H20N2S/c1-10-7-8-12(14(15)16)13(9-10)17-11-5-3-2-4-6-11/h7-9,11H,2-6H2,1H3,(H3,15,16). The first-order valence-electron chi connectivity index (χ1n) is 6.28. The average Bonchev–Trinajstić information content (AvgIpc) is 2.30. The van der Waals surface area contributed by atoms with Crippen LogP contribution in [0, 0.1) is 12.3 Å². The van der Waals surface area contributed by atoms with E-state index in [-0.39, 0.29) is 5.84 Å². The summed E-state index contributed by atoms with van der Waals surface area (Å²) in [7, 11) is 0. The van der Waals surface area contributed by atoms with Crippen molar-refractivity contribution in [2.75, 3.05) is 0 Å². The van der Waals surface area contributed by atoms with Crippen LogP contribution in [0.3, 0.4) is 0 Å². The van der Waals surface area contributed by atoms with Gasteiger partial charge in [-0.05, 0) is 37.5 Å². The van der Waals surface area contributed by atoms with Crippen LogP contribution in [0.25, 0.3) is 0 Å². The first-order chi connectivity index (χ1) is 8.16. The maximum Gasteiger partial charge on any atom is 0.123 e. The van der Waals surface area contributed by atoms with Crippen LogP contribution in [0.15, 0.2) is 23.1 Å². The van der Waals surface area contributed by atoms with E-state index in [4.69, 9.17) is 11.1 Å². The Morgan fingerprint density at radius 1 is 1.29 bits per heavy atom. The van der Waals surface area contributed by atoms with Gasteiger partial charge in [0.2, 0.25) is 0 Å². The lowest BCUT2D eigenvalue weighted by Gasteiger charge is -2.22. The van der Waals surface area contributed by atoms with Crippen LogP contribution in [0.4, 0.5) is 0 Å². The SMILES string of the molecule is Cc1ccc(C(=N)N)c(SC2CCCCC2)c1. The van der Waals surface area contributed by atoms with Gasteiger partial charge in [0.05, 0.1) is 0 Å². The van der Waals surface area contributed by atoms with E-state index >= 15 is 0 Å². The molecule has 0 bridgehead atoms. The molecule has 2 rings (SSSR count). The highest BCUT2D eigenvalue weighted by Gasteiger charge is 2.17. The Morgan fingerprint density at radius 2 is 2.00 bits per heavy atom. The Kier molecular flexibility index (Phi) is 4.11. The first kappa shape index (κ1) is 12.5. The van der Waals surface area contributed by atoms with E-state index in [0.29, 0.717) is 5.25 Å². The third-order valence-electron chi connectivity index (χ3n) is 3.27. The van der Waals surface area contributed by atoms with Gasteiger partial charge in [-0.25, -0.2) is 0 Å². The Labute approximate surface area is 107 Å². The molecule has 1 aliphatic rings. The van der Waals surface area contributed by atoms with Crippen molar-refractivity contribution in [1.29, 1.82) is 5.41 Å². The zero-order valence-corrected chi connectivity index (χ0v) is 11.1. The lowest BCUT2D eigenvalue weighted by atomic mass is 10.0. The second-order valence-electron chi connectivity index (χ2n) is 4.79. The smallest absolute Gasteiger partial charge is 0.123 e. The van der Waals surface area contributed by atoms with Gasteiger partial charge in [0.1, 0.15) is 5.84 Å². The summed E-state index contributed by atoms with van der Waals surface area (Å²) in [5.41, 5.74) is 7.78. The third-order valence-corrected chi connectivity index (χ3v) is 4.67. The topological polar surface area (TPSA) is 49.9 Å². The normalized spacial score (nSPS) is 17.0. The number of hydrogen-bond donors (Lipinski definition) is 2. The van der Waals surface area contributed by atoms with Gasteiger partial charge in [0, 0.05) is 15.7 Å². The molecule has 1 aliphatic carbocycles. The number of thioether (sulfide) groups is 1. The number of rotatable bonds is 3. The summed E-state index contributed by atoms with van der Waals surface area (Å²) < 4.78 is 0. The van der Waals surface area contributed by atoms with Crippen molar-refractivity contribution in [3.63, 3.8) is 0 Å². The molecule has 0 spiro atoms. The molecule has 2 nitrogen and oxygen atoms in total. The van der Waals surface area contributed by atoms with Gasteiger partial charge < -0.3 is 5.73 Å². The van der Waals surface area contributed by atoms with Crippen molar-refractivity contribution < 1.29 is 0 Å². The Hall–Kier alpha value is -0.960. The fraction of sp³-hybridized carbons (Fsp3) is 0.500. The molecule has 17 heavy (non-hydrogen) atoms. The predicted molar refractivity (Wildman–Crippen MR) is 74.9 cm³/mol. The third kappa shape index (κ3) is 3.25. The zero-order valence-electron chi connectivity index (χ0n) is 10.3. The highest BCUT2D eigenvalue weighted by atomic mass is 32.2. The number of amidine groups is 1. The summed E-state index contributed by atoms with van der Waals surface area (Å²) in [4.78, 5) is 1.18. The molecule has 0 aliphatic heterocycles. The number of aryl methyl sites for hydroxylation is 1. The van der Waals surface area contributed by atoms with Gasteiger partial charge in [-0.1, -0.05) is 25.3 Å². The fourth-order valence-electron chi connectivity index (χ4n) is 2.31. The summed E-state index contributed by atoms with van der Waals surface area (Å²) in [6, 6.07) is 6.17. The maximum absolute atomic E-state index is 7.63. The first-order valence-corrected chi connectivity index (χ1v) is 7.16. The molecule has 0 amide bonds. The number of nitrogens with one attached hydrogen (secondary N) is 1. The number of benzene rings is 1. The number of nitrogen functional groups attached to an aromatic ring is 1. The van der Waals surface area contributed by atoms with Gasteiger partial charge in [0.25, 0.3) is 0 Å². The molecule has 0 atom stereocenters. The minimum Gasteiger partial charge on any atom is -0.384 e. The predicted octanol–water partition coefficient (Wildman–Crippen LogP) is 3.70. The highest BCUT2D eigenvalue weighted by molar-refractivity contribution is 8.00. The van der Waals surface area contributed by atoms with E-state index in [1.54, 1.807) is 0 Å². The van der Waals surface area contributed by atoms with Crippen LogP contribution >= 0.6 is 11.8 Å². The lowest BCUT2D eigenvalue weighted by Crippen LogP contribution is -2.14. The second kappa shape index (κ2) is 5.58. The Balaban J connectivity index is 2.17. The molecule has 0 heterocycles. The summed E-state index contributed by atoms with van der Waals surface area (Å²) in [5.74, 6) is 0.184. The van der Waals surface area contributed by atoms with E-state index in [1.807, 2.05) is 23.9 Å². The summed E-state index contributed by atoms with van der Waals surface area (Å²) in [6.07, 6.45) is 6.67. The maximum atomic E-state index is 7.63. The van der Waals surface area contributed by atoms with Crippen molar-refractivity contribution in [3.05, 3.63) is 29.3 Å². The van der Waals surface area contributed by atoms with E-state index in [2.05, 4.69) is 13.0 Å². The van der Waals surface area contributed by atoms with E-state index in [0.717, 1.165) is 5.56 Å². The summed E-state index contributed by atoms with van der Waals surface area (Å²) >= 11 is 1.91. The van der Waals surface area contributed by atoms with Crippen molar-refractivity contribution in [2.24, 2.45) is 5.73 Å². The van der Waals surface area contributed by atoms with Gasteiger partial charge >= 0.3 is 0 Å². The molecule has 92 valence electrons. The fourth-order valence-corrected chi connectivity index (χ4v) is 3.80. The van der Waals surface area contributed by atoms with Gasteiger partial charge in [-0.15, -0.1) is 11.8 Å². The zero-order chi connectivity index (χ0) is 12.3. The summed E-state index contributed by atoms with van der Waals surface area (Å²) in [6.45, 7) is 2.09. The summed E-state index contributed by atoms with van der Waals surface area (Å²) in [5, 5.41) is 8.34. The van der Waals surface area contributed by atoms with Crippen LogP contribution in [0.5, 0.6) is 0 Å². The van der Waals surface area contributed by atoms with Gasteiger partial charge in [-0.3, -0.25) is 5.41 Å².